The number of rotatable bonds is 1. The Bertz CT molecular complexity index is 441. The number of halogens is 1. The van der Waals surface area contributed by atoms with Gasteiger partial charge in [0.2, 0.25) is 0 Å². The van der Waals surface area contributed by atoms with Gasteiger partial charge in [-0.05, 0) is 6.07 Å². The maximum atomic E-state index is 13.4. The zero-order chi connectivity index (χ0) is 9.42. The van der Waals surface area contributed by atoms with Gasteiger partial charge in [-0.15, -0.1) is 0 Å². The number of nitrogens with one attached hydrogen (secondary N) is 1. The monoisotopic (exact) mass is 179 g/mol. The van der Waals surface area contributed by atoms with E-state index in [9.17, 15) is 4.39 Å². The van der Waals surface area contributed by atoms with Gasteiger partial charge in [0.1, 0.15) is 5.82 Å². The molecule has 0 aliphatic rings. The number of benzene rings is 1. The van der Waals surface area contributed by atoms with Gasteiger partial charge in [-0.2, -0.15) is 0 Å². The average Bonchev–Trinajstić information content (AvgIpc) is 2.52. The van der Waals surface area contributed by atoms with Crippen LogP contribution < -0.4 is 5.46 Å². The molecule has 0 bridgehead atoms. The van der Waals surface area contributed by atoms with E-state index in [-0.39, 0.29) is 5.46 Å². The first kappa shape index (κ1) is 8.28. The summed E-state index contributed by atoms with van der Waals surface area (Å²) in [6.07, 6.45) is 1.60. The molecule has 0 atom stereocenters. The lowest BCUT2D eigenvalue weighted by Gasteiger charge is -2.01. The van der Waals surface area contributed by atoms with Crippen LogP contribution >= 0.6 is 0 Å². The van der Waals surface area contributed by atoms with Crippen molar-refractivity contribution in [2.24, 2.45) is 0 Å². The van der Waals surface area contributed by atoms with Crippen LogP contribution in [0.25, 0.3) is 10.9 Å². The van der Waals surface area contributed by atoms with Crippen molar-refractivity contribution in [1.29, 1.82) is 0 Å². The molecule has 3 N–H and O–H groups in total. The minimum Gasteiger partial charge on any atom is -0.423 e. The molecule has 0 fully saturated rings. The fourth-order valence-electron chi connectivity index (χ4n) is 1.31. The highest BCUT2D eigenvalue weighted by Crippen LogP contribution is 2.13. The highest BCUT2D eigenvalue weighted by atomic mass is 19.1. The number of fused-ring (bicyclic) bond motifs is 1. The van der Waals surface area contributed by atoms with Crippen LogP contribution in [-0.2, 0) is 0 Å². The second-order valence-corrected chi connectivity index (χ2v) is 2.78. The Hall–Kier alpha value is -1.33. The van der Waals surface area contributed by atoms with Crippen molar-refractivity contribution >= 4 is 23.5 Å². The highest BCUT2D eigenvalue weighted by molar-refractivity contribution is 6.59. The third-order valence-corrected chi connectivity index (χ3v) is 1.97. The second-order valence-electron chi connectivity index (χ2n) is 2.78. The van der Waals surface area contributed by atoms with Crippen LogP contribution in [0.4, 0.5) is 4.39 Å². The lowest BCUT2D eigenvalue weighted by Crippen LogP contribution is -2.32. The van der Waals surface area contributed by atoms with Crippen LogP contribution in [-0.4, -0.2) is 22.2 Å². The standard InChI is InChI=1S/C8H7BFNO2/c10-7-6(9(12)13)2-1-5-3-4-11-8(5)7/h1-4,11-13H. The zero-order valence-electron chi connectivity index (χ0n) is 6.66. The Morgan fingerprint density at radius 3 is 2.69 bits per heavy atom. The van der Waals surface area contributed by atoms with Gasteiger partial charge in [0.25, 0.3) is 0 Å². The molecule has 5 heteroatoms. The van der Waals surface area contributed by atoms with E-state index in [2.05, 4.69) is 4.98 Å². The molecule has 66 valence electrons. The Labute approximate surface area is 74.0 Å². The molecule has 0 amide bonds. The van der Waals surface area contributed by atoms with Crippen molar-refractivity contribution in [3.63, 3.8) is 0 Å². The van der Waals surface area contributed by atoms with Gasteiger partial charge in [-0.3, -0.25) is 0 Å². The summed E-state index contributed by atoms with van der Waals surface area (Å²) in [5.74, 6) is -0.613. The zero-order valence-corrected chi connectivity index (χ0v) is 6.66. The number of aromatic nitrogens is 1. The number of hydrogen-bond donors (Lipinski definition) is 3. The summed E-state index contributed by atoms with van der Waals surface area (Å²) in [5.41, 5.74) is 0.181. The lowest BCUT2D eigenvalue weighted by atomic mass is 9.79. The Kier molecular flexibility index (Phi) is 1.83. The molecular weight excluding hydrogens is 172 g/mol. The van der Waals surface area contributed by atoms with Crippen LogP contribution in [0.1, 0.15) is 0 Å². The first-order chi connectivity index (χ1) is 6.20. The molecule has 3 nitrogen and oxygen atoms in total. The van der Waals surface area contributed by atoms with Crippen LogP contribution in [0.15, 0.2) is 24.4 Å². The van der Waals surface area contributed by atoms with Gasteiger partial charge >= 0.3 is 7.12 Å². The van der Waals surface area contributed by atoms with Crippen molar-refractivity contribution in [3.05, 3.63) is 30.2 Å². The quantitative estimate of drug-likeness (QED) is 0.539. The Morgan fingerprint density at radius 1 is 1.23 bits per heavy atom. The van der Waals surface area contributed by atoms with E-state index in [1.165, 1.54) is 6.07 Å². The molecule has 0 radical (unpaired) electrons. The van der Waals surface area contributed by atoms with Gasteiger partial charge in [-0.25, -0.2) is 4.39 Å². The molecular formula is C8H7BFNO2. The van der Waals surface area contributed by atoms with Gasteiger partial charge in [-0.1, -0.05) is 12.1 Å². The molecule has 0 saturated carbocycles. The number of H-pyrrole nitrogens is 1. The fourth-order valence-corrected chi connectivity index (χ4v) is 1.31. The molecule has 2 rings (SSSR count). The van der Waals surface area contributed by atoms with E-state index in [0.717, 1.165) is 0 Å². The average molecular weight is 179 g/mol. The first-order valence-electron chi connectivity index (χ1n) is 3.82. The summed E-state index contributed by atoms with van der Waals surface area (Å²) in [6, 6.07) is 4.70. The van der Waals surface area contributed by atoms with E-state index in [1.807, 2.05) is 0 Å². The highest BCUT2D eigenvalue weighted by Gasteiger charge is 2.18. The summed E-state index contributed by atoms with van der Waals surface area (Å²) in [5, 5.41) is 18.3. The van der Waals surface area contributed by atoms with Crippen LogP contribution in [0, 0.1) is 5.82 Å². The summed E-state index contributed by atoms with van der Waals surface area (Å²) in [6.45, 7) is 0. The van der Waals surface area contributed by atoms with Crippen molar-refractivity contribution in [2.45, 2.75) is 0 Å². The molecule has 1 aromatic carbocycles. The molecule has 1 heterocycles. The van der Waals surface area contributed by atoms with Crippen LogP contribution in [0.5, 0.6) is 0 Å². The van der Waals surface area contributed by atoms with Gasteiger partial charge in [0.15, 0.2) is 0 Å². The predicted octanol–water partition coefficient (Wildman–Crippen LogP) is -0.0132. The predicted molar refractivity (Wildman–Crippen MR) is 48.1 cm³/mol. The fraction of sp³-hybridized carbons (Fsp3) is 0. The normalized spacial score (nSPS) is 10.7. The second kappa shape index (κ2) is 2.87. The maximum absolute atomic E-state index is 13.4. The third-order valence-electron chi connectivity index (χ3n) is 1.97. The van der Waals surface area contributed by atoms with Gasteiger partial charge in [0, 0.05) is 17.0 Å². The molecule has 2 aromatic rings. The summed E-state index contributed by atoms with van der Waals surface area (Å²) in [4.78, 5) is 2.69. The SMILES string of the molecule is OB(O)c1ccc2cc[nH]c2c1F. The Morgan fingerprint density at radius 2 is 2.00 bits per heavy atom. The van der Waals surface area contributed by atoms with E-state index in [4.69, 9.17) is 10.0 Å². The van der Waals surface area contributed by atoms with Gasteiger partial charge < -0.3 is 15.0 Å². The van der Waals surface area contributed by atoms with Crippen molar-refractivity contribution in [1.82, 2.24) is 4.98 Å². The van der Waals surface area contributed by atoms with Crippen LogP contribution in [0.3, 0.4) is 0 Å². The van der Waals surface area contributed by atoms with Crippen molar-refractivity contribution in [2.75, 3.05) is 0 Å². The topological polar surface area (TPSA) is 56.2 Å². The largest absolute Gasteiger partial charge is 0.491 e. The summed E-state index contributed by atoms with van der Waals surface area (Å²) in [7, 11) is -1.77. The van der Waals surface area contributed by atoms with E-state index in [0.29, 0.717) is 10.9 Å². The van der Waals surface area contributed by atoms with Gasteiger partial charge in [0.05, 0.1) is 5.52 Å². The molecule has 0 spiro atoms. The number of aromatic amines is 1. The van der Waals surface area contributed by atoms with E-state index >= 15 is 0 Å². The summed E-state index contributed by atoms with van der Waals surface area (Å²) >= 11 is 0. The first-order valence-corrected chi connectivity index (χ1v) is 3.82. The molecule has 1 aromatic heterocycles. The van der Waals surface area contributed by atoms with Crippen molar-refractivity contribution in [3.8, 4) is 0 Å². The Balaban J connectivity index is 2.73. The van der Waals surface area contributed by atoms with E-state index < -0.39 is 12.9 Å². The molecule has 0 unspecified atom stereocenters. The lowest BCUT2D eigenvalue weighted by molar-refractivity contribution is 0.423. The smallest absolute Gasteiger partial charge is 0.423 e. The molecule has 13 heavy (non-hydrogen) atoms. The van der Waals surface area contributed by atoms with Crippen LogP contribution in [0.2, 0.25) is 0 Å². The molecule has 0 aliphatic carbocycles. The van der Waals surface area contributed by atoms with E-state index in [1.54, 1.807) is 18.3 Å². The molecule has 0 aliphatic heterocycles. The third kappa shape index (κ3) is 1.22. The minimum absolute atomic E-state index is 0.116. The van der Waals surface area contributed by atoms with Crippen molar-refractivity contribution < 1.29 is 14.4 Å². The minimum atomic E-state index is -1.77. The number of hydrogen-bond acceptors (Lipinski definition) is 2. The maximum Gasteiger partial charge on any atom is 0.491 e. The summed E-state index contributed by atoms with van der Waals surface area (Å²) < 4.78 is 13.4. The molecule has 0 saturated heterocycles.